The minimum Gasteiger partial charge on any atom is -0.376 e. The number of aromatic nitrogens is 4. The van der Waals surface area contributed by atoms with Crippen LogP contribution in [0.5, 0.6) is 0 Å². The number of hydrogen-bond acceptors (Lipinski definition) is 8. The van der Waals surface area contributed by atoms with Gasteiger partial charge in [-0.3, -0.25) is 4.90 Å². The van der Waals surface area contributed by atoms with Gasteiger partial charge >= 0.3 is 6.03 Å². The summed E-state index contributed by atoms with van der Waals surface area (Å²) in [7, 11) is 3.89. The third-order valence-corrected chi connectivity index (χ3v) is 7.66. The van der Waals surface area contributed by atoms with E-state index in [2.05, 4.69) is 25.2 Å². The number of rotatable bonds is 6. The van der Waals surface area contributed by atoms with Crippen molar-refractivity contribution in [1.29, 1.82) is 0 Å². The number of primary amides is 1. The van der Waals surface area contributed by atoms with Gasteiger partial charge in [-0.25, -0.2) is 9.78 Å². The molecule has 0 radical (unpaired) electrons. The minimum absolute atomic E-state index is 0.280. The van der Waals surface area contributed by atoms with Crippen LogP contribution < -0.4 is 31.5 Å². The first kappa shape index (κ1) is 24.9. The molecule has 0 saturated heterocycles. The lowest BCUT2D eigenvalue weighted by Crippen LogP contribution is -2.33. The van der Waals surface area contributed by atoms with E-state index in [0.717, 1.165) is 78.3 Å². The number of urea groups is 1. The lowest BCUT2D eigenvalue weighted by molar-refractivity contribution is 0.256. The van der Waals surface area contributed by atoms with Gasteiger partial charge in [0.2, 0.25) is 5.95 Å². The van der Waals surface area contributed by atoms with Crippen LogP contribution in [-0.2, 0) is 6.42 Å². The molecule has 2 aromatic heterocycles. The molecule has 2 aliphatic rings. The Balaban J connectivity index is 1.34. The van der Waals surface area contributed by atoms with E-state index in [0.29, 0.717) is 17.6 Å². The molecule has 1 aliphatic carbocycles. The van der Waals surface area contributed by atoms with E-state index in [1.54, 1.807) is 11.2 Å². The smallest absolute Gasteiger partial charge is 0.323 e. The van der Waals surface area contributed by atoms with Crippen molar-refractivity contribution in [3.8, 4) is 0 Å². The van der Waals surface area contributed by atoms with Crippen LogP contribution >= 0.6 is 0 Å². The number of hydrogen-bond donors (Lipinski definition) is 4. The second-order valence-corrected chi connectivity index (χ2v) is 10.5. The number of H-pyrrole nitrogens is 1. The Bertz CT molecular complexity index is 1510. The number of carbonyl (C=O) groups excluding carboxylic acids is 1. The highest BCUT2D eigenvalue weighted by molar-refractivity contribution is 6.02. The maximum Gasteiger partial charge on any atom is 0.323 e. The number of nitrogens with two attached hydrogens (primary N) is 2. The lowest BCUT2D eigenvalue weighted by atomic mass is 9.92. The molecule has 39 heavy (non-hydrogen) atoms. The van der Waals surface area contributed by atoms with E-state index in [9.17, 15) is 4.79 Å². The summed E-state index contributed by atoms with van der Waals surface area (Å²) >= 11 is 0. The molecular weight excluding hydrogens is 492 g/mol. The van der Waals surface area contributed by atoms with Crippen molar-refractivity contribution in [2.75, 3.05) is 40.7 Å². The normalized spacial score (nSPS) is 18.7. The topological polar surface area (TPSA) is 145 Å². The maximum atomic E-state index is 12.7. The molecule has 6 N–H and O–H groups in total. The molecule has 11 nitrogen and oxygen atoms in total. The van der Waals surface area contributed by atoms with Gasteiger partial charge in [0.15, 0.2) is 17.0 Å². The summed E-state index contributed by atoms with van der Waals surface area (Å²) < 4.78 is 0. The Morgan fingerprint density at radius 1 is 1.08 bits per heavy atom. The van der Waals surface area contributed by atoms with Crippen LogP contribution in [0.3, 0.4) is 0 Å². The van der Waals surface area contributed by atoms with Crippen molar-refractivity contribution >= 4 is 51.7 Å². The van der Waals surface area contributed by atoms with Crippen molar-refractivity contribution < 1.29 is 4.79 Å². The van der Waals surface area contributed by atoms with Gasteiger partial charge in [0.25, 0.3) is 0 Å². The number of nitrogens with zero attached hydrogens (tertiary/aromatic N) is 6. The molecule has 1 aliphatic heterocycles. The fraction of sp³-hybridized carbons (Fsp3) is 0.357. The molecule has 1 saturated carbocycles. The second-order valence-electron chi connectivity index (χ2n) is 10.5. The molecule has 0 unspecified atom stereocenters. The molecule has 3 heterocycles. The molecule has 0 spiro atoms. The highest BCUT2D eigenvalue weighted by Gasteiger charge is 2.28. The number of para-hydroxylation sites is 2. The third-order valence-electron chi connectivity index (χ3n) is 7.66. The molecule has 0 atom stereocenters. The Hall–Kier alpha value is -4.38. The number of amides is 2. The standard InChI is InChI=1S/C28H34N10O/c1-36(2)22-5-3-4-6-23(22)38(27(30)39)20-11-12-21-17(15-20)13-14-37(21)26-24-25(32-16-31-24)34-28(35-26)33-19-9-7-18(29)8-10-19/h3-6,11-12,15-16,18-19H,7-10,13-14,29H2,1-2H3,(H2,30,39)(H2,31,32,33,34,35). The van der Waals surface area contributed by atoms with Crippen molar-refractivity contribution in [3.63, 3.8) is 0 Å². The largest absolute Gasteiger partial charge is 0.376 e. The summed E-state index contributed by atoms with van der Waals surface area (Å²) in [6.07, 6.45) is 6.45. The van der Waals surface area contributed by atoms with Crippen molar-refractivity contribution in [3.05, 3.63) is 54.4 Å². The van der Waals surface area contributed by atoms with Crippen LogP contribution in [0.4, 0.5) is 39.3 Å². The number of anilines is 6. The van der Waals surface area contributed by atoms with Gasteiger partial charge in [-0.2, -0.15) is 9.97 Å². The predicted molar refractivity (Wildman–Crippen MR) is 155 cm³/mol. The third kappa shape index (κ3) is 4.69. The Labute approximate surface area is 227 Å². The first-order chi connectivity index (χ1) is 18.9. The summed E-state index contributed by atoms with van der Waals surface area (Å²) in [6.45, 7) is 0.736. The average Bonchev–Trinajstić information content (AvgIpc) is 3.57. The Morgan fingerprint density at radius 3 is 2.59 bits per heavy atom. The highest BCUT2D eigenvalue weighted by atomic mass is 16.2. The first-order valence-electron chi connectivity index (χ1n) is 13.4. The number of aromatic amines is 1. The SMILES string of the molecule is CN(C)c1ccccc1N(C(N)=O)c1ccc2c(c1)CCN2c1nc(NC2CCC(N)CC2)nc2[nH]cnc12. The van der Waals surface area contributed by atoms with Gasteiger partial charge in [-0.05, 0) is 68.0 Å². The van der Waals surface area contributed by atoms with E-state index >= 15 is 0 Å². The summed E-state index contributed by atoms with van der Waals surface area (Å²) in [5, 5.41) is 3.53. The quantitative estimate of drug-likeness (QED) is 0.295. The molecule has 1 fully saturated rings. The zero-order valence-corrected chi connectivity index (χ0v) is 22.3. The molecule has 4 aromatic rings. The maximum absolute atomic E-state index is 12.7. The van der Waals surface area contributed by atoms with Gasteiger partial charge in [0.1, 0.15) is 0 Å². The van der Waals surface area contributed by atoms with E-state index < -0.39 is 6.03 Å². The van der Waals surface area contributed by atoms with E-state index in [1.165, 1.54) is 0 Å². The number of carbonyl (C=O) groups is 1. The van der Waals surface area contributed by atoms with Crippen LogP contribution in [0.15, 0.2) is 48.8 Å². The van der Waals surface area contributed by atoms with Gasteiger partial charge in [-0.1, -0.05) is 12.1 Å². The van der Waals surface area contributed by atoms with E-state index in [4.69, 9.17) is 16.5 Å². The Kier molecular flexibility index (Phi) is 6.43. The van der Waals surface area contributed by atoms with Crippen molar-refractivity contribution in [1.82, 2.24) is 19.9 Å². The van der Waals surface area contributed by atoms with Gasteiger partial charge < -0.3 is 31.6 Å². The molecule has 202 valence electrons. The summed E-state index contributed by atoms with van der Waals surface area (Å²) in [5.74, 6) is 1.35. The fourth-order valence-corrected chi connectivity index (χ4v) is 5.68. The molecule has 2 aromatic carbocycles. The fourth-order valence-electron chi connectivity index (χ4n) is 5.68. The number of nitrogens with one attached hydrogen (secondary N) is 2. The number of fused-ring (bicyclic) bond motifs is 2. The van der Waals surface area contributed by atoms with Crippen LogP contribution in [-0.4, -0.2) is 58.7 Å². The summed E-state index contributed by atoms with van der Waals surface area (Å²) in [6, 6.07) is 13.8. The van der Waals surface area contributed by atoms with Gasteiger partial charge in [0.05, 0.1) is 23.4 Å². The second kappa shape index (κ2) is 10.1. The van der Waals surface area contributed by atoms with Crippen molar-refractivity contribution in [2.45, 2.75) is 44.2 Å². The Morgan fingerprint density at radius 2 is 1.85 bits per heavy atom. The van der Waals surface area contributed by atoms with Crippen LogP contribution in [0.1, 0.15) is 31.2 Å². The monoisotopic (exact) mass is 526 g/mol. The molecule has 0 bridgehead atoms. The zero-order valence-electron chi connectivity index (χ0n) is 22.3. The van der Waals surface area contributed by atoms with Crippen molar-refractivity contribution in [2.24, 2.45) is 11.5 Å². The van der Waals surface area contributed by atoms with Crippen LogP contribution in [0.2, 0.25) is 0 Å². The van der Waals surface area contributed by atoms with Crippen LogP contribution in [0.25, 0.3) is 11.2 Å². The van der Waals surface area contributed by atoms with Gasteiger partial charge in [0, 0.05) is 38.4 Å². The predicted octanol–water partition coefficient (Wildman–Crippen LogP) is 4.01. The molecular formula is C28H34N10O. The molecule has 11 heteroatoms. The molecule has 6 rings (SSSR count). The van der Waals surface area contributed by atoms with E-state index in [1.807, 2.05) is 61.5 Å². The summed E-state index contributed by atoms with van der Waals surface area (Å²) in [4.78, 5) is 35.7. The average molecular weight is 527 g/mol. The highest BCUT2D eigenvalue weighted by Crippen LogP contribution is 2.41. The lowest BCUT2D eigenvalue weighted by Gasteiger charge is -2.27. The minimum atomic E-state index is -0.535. The van der Waals surface area contributed by atoms with Gasteiger partial charge in [-0.15, -0.1) is 0 Å². The number of benzene rings is 2. The number of imidazole rings is 1. The first-order valence-corrected chi connectivity index (χ1v) is 13.4. The van der Waals surface area contributed by atoms with E-state index in [-0.39, 0.29) is 6.04 Å². The zero-order chi connectivity index (χ0) is 27.1. The van der Waals surface area contributed by atoms with Crippen LogP contribution in [0, 0.1) is 0 Å². The molecule has 2 amide bonds. The summed E-state index contributed by atoms with van der Waals surface area (Å²) in [5.41, 5.74) is 17.9.